The van der Waals surface area contributed by atoms with E-state index in [9.17, 15) is 13.2 Å². The largest absolute Gasteiger partial charge is 0.310 e. The molecule has 2 nitrogen and oxygen atoms in total. The molecule has 1 aromatic heterocycles. The summed E-state index contributed by atoms with van der Waals surface area (Å²) >= 11 is 0. The molecule has 0 saturated heterocycles. The molecule has 0 amide bonds. The quantitative estimate of drug-likeness (QED) is 0.908. The van der Waals surface area contributed by atoms with E-state index in [0.29, 0.717) is 24.1 Å². The van der Waals surface area contributed by atoms with Crippen LogP contribution in [0.1, 0.15) is 24.1 Å². The molecule has 2 aromatic rings. The summed E-state index contributed by atoms with van der Waals surface area (Å²) in [5.41, 5.74) is 1.16. The van der Waals surface area contributed by atoms with Gasteiger partial charge in [0.15, 0.2) is 0 Å². The highest BCUT2D eigenvalue weighted by Crippen LogP contribution is 2.20. The number of benzene rings is 1. The van der Waals surface area contributed by atoms with Gasteiger partial charge in [0.05, 0.1) is 6.20 Å². The van der Waals surface area contributed by atoms with Crippen molar-refractivity contribution in [3.63, 3.8) is 0 Å². The summed E-state index contributed by atoms with van der Waals surface area (Å²) in [6, 6.07) is 4.51. The smallest absolute Gasteiger partial charge is 0.141 e. The number of hydrogen-bond donors (Lipinski definition) is 1. The third kappa shape index (κ3) is 3.81. The summed E-state index contributed by atoms with van der Waals surface area (Å²) in [6.45, 7) is 2.56. The highest BCUT2D eigenvalue weighted by molar-refractivity contribution is 5.23. The fraction of sp³-hybridized carbons (Fsp3) is 0.267. The standard InChI is InChI=1S/C15H15F3N2/c1-2-20-15(11-6-14(18)9-19-8-11)5-10-3-12(16)7-13(17)4-10/h3-4,6-9,15,20H,2,5H2,1H3. The van der Waals surface area contributed by atoms with Crippen LogP contribution in [-0.2, 0) is 6.42 Å². The number of aromatic nitrogens is 1. The average molecular weight is 280 g/mol. The molecule has 1 unspecified atom stereocenters. The lowest BCUT2D eigenvalue weighted by atomic mass is 10.00. The summed E-state index contributed by atoms with van der Waals surface area (Å²) in [6.07, 6.45) is 3.02. The second-order valence-electron chi connectivity index (χ2n) is 4.53. The first-order chi connectivity index (χ1) is 9.58. The molecule has 5 heteroatoms. The first kappa shape index (κ1) is 14.5. The Kier molecular flexibility index (Phi) is 4.74. The van der Waals surface area contributed by atoms with Gasteiger partial charge >= 0.3 is 0 Å². The number of nitrogens with one attached hydrogen (secondary N) is 1. The Bertz CT molecular complexity index is 567. The molecule has 1 atom stereocenters. The lowest BCUT2D eigenvalue weighted by Crippen LogP contribution is -2.23. The zero-order chi connectivity index (χ0) is 14.5. The monoisotopic (exact) mass is 280 g/mol. The van der Waals surface area contributed by atoms with Crippen LogP contribution in [-0.4, -0.2) is 11.5 Å². The maximum atomic E-state index is 13.2. The number of halogens is 3. The number of rotatable bonds is 5. The van der Waals surface area contributed by atoms with Crippen molar-refractivity contribution in [2.45, 2.75) is 19.4 Å². The van der Waals surface area contributed by atoms with Crippen molar-refractivity contribution in [2.75, 3.05) is 6.54 Å². The van der Waals surface area contributed by atoms with Crippen molar-refractivity contribution in [3.8, 4) is 0 Å². The molecule has 0 spiro atoms. The van der Waals surface area contributed by atoms with Gasteiger partial charge < -0.3 is 5.32 Å². The van der Waals surface area contributed by atoms with E-state index in [1.165, 1.54) is 18.2 Å². The Labute approximate surface area is 115 Å². The Morgan fingerprint density at radius 1 is 1.00 bits per heavy atom. The van der Waals surface area contributed by atoms with Crippen LogP contribution in [0.3, 0.4) is 0 Å². The molecule has 0 saturated carbocycles. The first-order valence-electron chi connectivity index (χ1n) is 6.37. The summed E-state index contributed by atoms with van der Waals surface area (Å²) in [5, 5.41) is 3.16. The van der Waals surface area contributed by atoms with Gasteiger partial charge in [-0.3, -0.25) is 4.98 Å². The highest BCUT2D eigenvalue weighted by Gasteiger charge is 2.13. The first-order valence-corrected chi connectivity index (χ1v) is 6.37. The van der Waals surface area contributed by atoms with Gasteiger partial charge in [-0.2, -0.15) is 0 Å². The highest BCUT2D eigenvalue weighted by atomic mass is 19.1. The summed E-state index contributed by atoms with van der Waals surface area (Å²) in [7, 11) is 0. The van der Waals surface area contributed by atoms with Crippen LogP contribution in [0.2, 0.25) is 0 Å². The second-order valence-corrected chi connectivity index (χ2v) is 4.53. The maximum Gasteiger partial charge on any atom is 0.141 e. The molecular formula is C15H15F3N2. The molecule has 20 heavy (non-hydrogen) atoms. The fourth-order valence-corrected chi connectivity index (χ4v) is 2.14. The molecule has 0 bridgehead atoms. The lowest BCUT2D eigenvalue weighted by Gasteiger charge is -2.18. The Morgan fingerprint density at radius 3 is 2.30 bits per heavy atom. The van der Waals surface area contributed by atoms with Crippen molar-refractivity contribution in [1.29, 1.82) is 0 Å². The SMILES string of the molecule is CCNC(Cc1cc(F)cc(F)c1)c1cncc(F)c1. The van der Waals surface area contributed by atoms with Gasteiger partial charge in [0.2, 0.25) is 0 Å². The lowest BCUT2D eigenvalue weighted by molar-refractivity contribution is 0.531. The molecule has 0 aliphatic heterocycles. The average Bonchev–Trinajstić information content (AvgIpc) is 2.37. The van der Waals surface area contributed by atoms with Crippen LogP contribution < -0.4 is 5.32 Å². The van der Waals surface area contributed by atoms with Gasteiger partial charge in [-0.15, -0.1) is 0 Å². The fourth-order valence-electron chi connectivity index (χ4n) is 2.14. The van der Waals surface area contributed by atoms with Crippen LogP contribution in [0.4, 0.5) is 13.2 Å². The number of hydrogen-bond acceptors (Lipinski definition) is 2. The predicted molar refractivity (Wildman–Crippen MR) is 70.7 cm³/mol. The van der Waals surface area contributed by atoms with E-state index in [1.807, 2.05) is 6.92 Å². The van der Waals surface area contributed by atoms with Crippen LogP contribution in [0, 0.1) is 17.5 Å². The van der Waals surface area contributed by atoms with E-state index in [4.69, 9.17) is 0 Å². The third-order valence-electron chi connectivity index (χ3n) is 2.94. The second kappa shape index (κ2) is 6.52. The molecule has 0 aliphatic carbocycles. The zero-order valence-corrected chi connectivity index (χ0v) is 11.0. The Morgan fingerprint density at radius 2 is 1.70 bits per heavy atom. The Hall–Kier alpha value is -1.88. The minimum absolute atomic E-state index is 0.246. The van der Waals surface area contributed by atoms with E-state index < -0.39 is 17.5 Å². The zero-order valence-electron chi connectivity index (χ0n) is 11.0. The molecule has 1 N–H and O–H groups in total. The van der Waals surface area contributed by atoms with Crippen molar-refractivity contribution in [2.24, 2.45) is 0 Å². The minimum atomic E-state index is -0.618. The van der Waals surface area contributed by atoms with E-state index in [1.54, 1.807) is 6.20 Å². The van der Waals surface area contributed by atoms with Crippen LogP contribution in [0.5, 0.6) is 0 Å². The molecular weight excluding hydrogens is 265 g/mol. The van der Waals surface area contributed by atoms with E-state index in [-0.39, 0.29) is 6.04 Å². The summed E-state index contributed by atoms with van der Waals surface area (Å²) in [4.78, 5) is 3.80. The summed E-state index contributed by atoms with van der Waals surface area (Å²) < 4.78 is 39.6. The van der Waals surface area contributed by atoms with Crippen LogP contribution >= 0.6 is 0 Å². The third-order valence-corrected chi connectivity index (χ3v) is 2.94. The van der Waals surface area contributed by atoms with Crippen molar-refractivity contribution in [1.82, 2.24) is 10.3 Å². The summed E-state index contributed by atoms with van der Waals surface area (Å²) in [5.74, 6) is -1.67. The predicted octanol–water partition coefficient (Wildman–Crippen LogP) is 3.39. The molecule has 1 aromatic carbocycles. The van der Waals surface area contributed by atoms with Gasteiger partial charge in [0.1, 0.15) is 17.5 Å². The van der Waals surface area contributed by atoms with Gasteiger partial charge in [-0.1, -0.05) is 6.92 Å². The number of pyridine rings is 1. The van der Waals surface area contributed by atoms with Crippen molar-refractivity contribution in [3.05, 3.63) is 65.2 Å². The van der Waals surface area contributed by atoms with E-state index in [0.717, 1.165) is 12.3 Å². The van der Waals surface area contributed by atoms with E-state index >= 15 is 0 Å². The molecule has 2 rings (SSSR count). The van der Waals surface area contributed by atoms with Gasteiger partial charge in [-0.05, 0) is 42.3 Å². The topological polar surface area (TPSA) is 24.9 Å². The van der Waals surface area contributed by atoms with Gasteiger partial charge in [0, 0.05) is 18.3 Å². The molecule has 0 radical (unpaired) electrons. The van der Waals surface area contributed by atoms with Crippen LogP contribution in [0.25, 0.3) is 0 Å². The maximum absolute atomic E-state index is 13.2. The molecule has 0 fully saturated rings. The minimum Gasteiger partial charge on any atom is -0.310 e. The molecule has 1 heterocycles. The normalized spacial score (nSPS) is 12.4. The van der Waals surface area contributed by atoms with Gasteiger partial charge in [0.25, 0.3) is 0 Å². The Balaban J connectivity index is 2.25. The van der Waals surface area contributed by atoms with Gasteiger partial charge in [-0.25, -0.2) is 13.2 Å². The number of nitrogens with zero attached hydrogens (tertiary/aromatic N) is 1. The molecule has 106 valence electrons. The molecule has 0 aliphatic rings. The van der Waals surface area contributed by atoms with Crippen molar-refractivity contribution < 1.29 is 13.2 Å². The van der Waals surface area contributed by atoms with Crippen molar-refractivity contribution >= 4 is 0 Å². The van der Waals surface area contributed by atoms with E-state index in [2.05, 4.69) is 10.3 Å². The van der Waals surface area contributed by atoms with Crippen LogP contribution in [0.15, 0.2) is 36.7 Å². The number of likely N-dealkylation sites (N-methyl/N-ethyl adjacent to an activating group) is 1.